The van der Waals surface area contributed by atoms with Crippen LogP contribution in [0.2, 0.25) is 0 Å². The van der Waals surface area contributed by atoms with E-state index < -0.39 is 17.9 Å². The molecule has 27 heavy (non-hydrogen) atoms. The summed E-state index contributed by atoms with van der Waals surface area (Å²) < 4.78 is 4.78. The smallest absolute Gasteiger partial charge is 0.333 e. The van der Waals surface area contributed by atoms with E-state index >= 15 is 0 Å². The Morgan fingerprint density at radius 2 is 2.00 bits per heavy atom. The molecule has 0 aliphatic heterocycles. The number of nitrogens with one attached hydrogen (secondary N) is 2. The second-order valence-corrected chi connectivity index (χ2v) is 6.61. The molecule has 0 unspecified atom stereocenters. The van der Waals surface area contributed by atoms with E-state index in [0.717, 1.165) is 6.42 Å². The highest BCUT2D eigenvalue weighted by molar-refractivity contribution is 5.99. The maximum absolute atomic E-state index is 12.6. The SMILES string of the molecule is COC(=O)[C@H](NC(=O)c1cccc(NC(=O)[C@@H]2C[C@H]2C)c1)c1cccnc1. The van der Waals surface area contributed by atoms with Crippen LogP contribution in [-0.4, -0.2) is 29.9 Å². The summed E-state index contributed by atoms with van der Waals surface area (Å²) in [6.07, 6.45) is 3.96. The van der Waals surface area contributed by atoms with Crippen LogP contribution in [0.3, 0.4) is 0 Å². The summed E-state index contributed by atoms with van der Waals surface area (Å²) in [7, 11) is 1.26. The number of hydrogen-bond acceptors (Lipinski definition) is 5. The number of aromatic nitrogens is 1. The van der Waals surface area contributed by atoms with Gasteiger partial charge in [0.25, 0.3) is 5.91 Å². The third kappa shape index (κ3) is 4.49. The molecule has 140 valence electrons. The van der Waals surface area contributed by atoms with Gasteiger partial charge in [-0.25, -0.2) is 4.79 Å². The number of pyridine rings is 1. The van der Waals surface area contributed by atoms with E-state index in [-0.39, 0.29) is 11.8 Å². The average Bonchev–Trinajstić information content (AvgIpc) is 3.43. The Hall–Kier alpha value is -3.22. The zero-order chi connectivity index (χ0) is 19.4. The Bertz CT molecular complexity index is 853. The number of benzene rings is 1. The Balaban J connectivity index is 1.73. The first-order valence-electron chi connectivity index (χ1n) is 8.69. The van der Waals surface area contributed by atoms with E-state index in [1.54, 1.807) is 42.6 Å². The van der Waals surface area contributed by atoms with Gasteiger partial charge in [0, 0.05) is 35.1 Å². The lowest BCUT2D eigenvalue weighted by Gasteiger charge is -2.17. The first-order valence-corrected chi connectivity index (χ1v) is 8.69. The number of nitrogens with zero attached hydrogens (tertiary/aromatic N) is 1. The van der Waals surface area contributed by atoms with Crippen molar-refractivity contribution in [2.24, 2.45) is 11.8 Å². The number of methoxy groups -OCH3 is 1. The number of rotatable bonds is 6. The molecular formula is C20H21N3O4. The highest BCUT2D eigenvalue weighted by Crippen LogP contribution is 2.38. The van der Waals surface area contributed by atoms with Gasteiger partial charge in [-0.1, -0.05) is 19.1 Å². The average molecular weight is 367 g/mol. The van der Waals surface area contributed by atoms with Gasteiger partial charge in [-0.3, -0.25) is 14.6 Å². The second-order valence-electron chi connectivity index (χ2n) is 6.61. The fourth-order valence-electron chi connectivity index (χ4n) is 2.82. The van der Waals surface area contributed by atoms with Crippen molar-refractivity contribution in [1.29, 1.82) is 0 Å². The van der Waals surface area contributed by atoms with Crippen LogP contribution in [0.25, 0.3) is 0 Å². The largest absolute Gasteiger partial charge is 0.467 e. The summed E-state index contributed by atoms with van der Waals surface area (Å²) in [5, 5.41) is 5.48. The number of carbonyl (C=O) groups excluding carboxylic acids is 3. The lowest BCUT2D eigenvalue weighted by Crippen LogP contribution is -2.34. The molecule has 1 aromatic carbocycles. The van der Waals surface area contributed by atoms with Crippen molar-refractivity contribution in [3.8, 4) is 0 Å². The van der Waals surface area contributed by atoms with Crippen molar-refractivity contribution in [3.05, 3.63) is 59.9 Å². The monoisotopic (exact) mass is 367 g/mol. The summed E-state index contributed by atoms with van der Waals surface area (Å²) in [5.41, 5.74) is 1.39. The number of ether oxygens (including phenoxy) is 1. The Labute approximate surface area is 157 Å². The molecule has 3 atom stereocenters. The molecule has 0 bridgehead atoms. The van der Waals surface area contributed by atoms with Gasteiger partial charge in [0.2, 0.25) is 5.91 Å². The topological polar surface area (TPSA) is 97.4 Å². The van der Waals surface area contributed by atoms with Gasteiger partial charge in [-0.05, 0) is 36.6 Å². The van der Waals surface area contributed by atoms with E-state index in [1.807, 2.05) is 6.92 Å². The molecule has 0 radical (unpaired) electrons. The van der Waals surface area contributed by atoms with Crippen LogP contribution in [0.5, 0.6) is 0 Å². The van der Waals surface area contributed by atoms with E-state index in [1.165, 1.54) is 13.3 Å². The van der Waals surface area contributed by atoms with Gasteiger partial charge in [0.05, 0.1) is 7.11 Å². The molecule has 1 heterocycles. The molecule has 0 saturated heterocycles. The van der Waals surface area contributed by atoms with Crippen LogP contribution in [0.15, 0.2) is 48.8 Å². The number of amides is 2. The molecular weight excluding hydrogens is 346 g/mol. The summed E-state index contributed by atoms with van der Waals surface area (Å²) in [6, 6.07) is 8.98. The summed E-state index contributed by atoms with van der Waals surface area (Å²) >= 11 is 0. The molecule has 1 aliphatic rings. The molecule has 2 amide bonds. The minimum Gasteiger partial charge on any atom is -0.467 e. The first kappa shape index (κ1) is 18.6. The Morgan fingerprint density at radius 3 is 2.63 bits per heavy atom. The molecule has 1 saturated carbocycles. The van der Waals surface area contributed by atoms with Crippen LogP contribution in [-0.2, 0) is 14.3 Å². The van der Waals surface area contributed by atoms with Crippen LogP contribution < -0.4 is 10.6 Å². The first-order chi connectivity index (χ1) is 13.0. The maximum Gasteiger partial charge on any atom is 0.333 e. The van der Waals surface area contributed by atoms with Gasteiger partial charge in [-0.15, -0.1) is 0 Å². The zero-order valence-corrected chi connectivity index (χ0v) is 15.1. The molecule has 1 aromatic heterocycles. The molecule has 1 aliphatic carbocycles. The van der Waals surface area contributed by atoms with Crippen LogP contribution in [0.4, 0.5) is 5.69 Å². The highest BCUT2D eigenvalue weighted by Gasteiger charge is 2.39. The standard InChI is InChI=1S/C20H21N3O4/c1-12-9-16(12)19(25)22-15-7-3-5-13(10-15)18(24)23-17(20(26)27-2)14-6-4-8-21-11-14/h3-8,10-12,16-17H,9H2,1-2H3,(H,22,25)(H,23,24)/t12-,16-,17-/m1/s1. The summed E-state index contributed by atoms with van der Waals surface area (Å²) in [6.45, 7) is 2.03. The minimum absolute atomic E-state index is 0.0387. The van der Waals surface area contributed by atoms with Crippen molar-refractivity contribution >= 4 is 23.5 Å². The minimum atomic E-state index is -0.971. The lowest BCUT2D eigenvalue weighted by atomic mass is 10.1. The van der Waals surface area contributed by atoms with Gasteiger partial charge in [-0.2, -0.15) is 0 Å². The quantitative estimate of drug-likeness (QED) is 0.764. The molecule has 2 N–H and O–H groups in total. The lowest BCUT2D eigenvalue weighted by molar-refractivity contribution is -0.143. The van der Waals surface area contributed by atoms with E-state index in [0.29, 0.717) is 22.7 Å². The number of anilines is 1. The van der Waals surface area contributed by atoms with Crippen molar-refractivity contribution in [2.75, 3.05) is 12.4 Å². The zero-order valence-electron chi connectivity index (χ0n) is 15.1. The maximum atomic E-state index is 12.6. The van der Waals surface area contributed by atoms with Crippen molar-refractivity contribution in [1.82, 2.24) is 10.3 Å². The molecule has 7 heteroatoms. The predicted octanol–water partition coefficient (Wildman–Crippen LogP) is 2.32. The Kier molecular flexibility index (Phi) is 5.49. The second kappa shape index (κ2) is 7.99. The van der Waals surface area contributed by atoms with E-state index in [4.69, 9.17) is 4.74 Å². The fourth-order valence-corrected chi connectivity index (χ4v) is 2.82. The van der Waals surface area contributed by atoms with Crippen LogP contribution in [0, 0.1) is 11.8 Å². The molecule has 3 rings (SSSR count). The normalized spacial score (nSPS) is 18.9. The van der Waals surface area contributed by atoms with Gasteiger partial charge in [0.1, 0.15) is 0 Å². The molecule has 2 aromatic rings. The molecule has 0 spiro atoms. The summed E-state index contributed by atoms with van der Waals surface area (Å²) in [5.74, 6) is -0.648. The van der Waals surface area contributed by atoms with Crippen molar-refractivity contribution < 1.29 is 19.1 Å². The summed E-state index contributed by atoms with van der Waals surface area (Å²) in [4.78, 5) is 40.8. The van der Waals surface area contributed by atoms with Crippen LogP contribution >= 0.6 is 0 Å². The van der Waals surface area contributed by atoms with Crippen molar-refractivity contribution in [3.63, 3.8) is 0 Å². The van der Waals surface area contributed by atoms with Gasteiger partial charge >= 0.3 is 5.97 Å². The third-order valence-corrected chi connectivity index (χ3v) is 4.57. The van der Waals surface area contributed by atoms with Crippen molar-refractivity contribution in [2.45, 2.75) is 19.4 Å². The Morgan fingerprint density at radius 1 is 1.22 bits per heavy atom. The predicted molar refractivity (Wildman–Crippen MR) is 98.8 cm³/mol. The third-order valence-electron chi connectivity index (χ3n) is 4.57. The molecule has 7 nitrogen and oxygen atoms in total. The highest BCUT2D eigenvalue weighted by atomic mass is 16.5. The fraction of sp³-hybridized carbons (Fsp3) is 0.300. The molecule has 1 fully saturated rings. The van der Waals surface area contributed by atoms with E-state index in [2.05, 4.69) is 15.6 Å². The number of carbonyl (C=O) groups is 3. The van der Waals surface area contributed by atoms with Crippen LogP contribution in [0.1, 0.15) is 35.3 Å². The van der Waals surface area contributed by atoms with Gasteiger partial charge in [0.15, 0.2) is 6.04 Å². The number of hydrogen-bond donors (Lipinski definition) is 2. The van der Waals surface area contributed by atoms with E-state index in [9.17, 15) is 14.4 Å². The number of esters is 1. The van der Waals surface area contributed by atoms with Gasteiger partial charge < -0.3 is 15.4 Å².